The van der Waals surface area contributed by atoms with Crippen LogP contribution in [0.1, 0.15) is 6.92 Å². The van der Waals surface area contributed by atoms with E-state index in [4.69, 9.17) is 22.1 Å². The number of hydrogen-bond acceptors (Lipinski definition) is 3. The van der Waals surface area contributed by atoms with E-state index in [1.807, 2.05) is 38.4 Å². The van der Waals surface area contributed by atoms with Crippen LogP contribution >= 0.6 is 11.6 Å². The Morgan fingerprint density at radius 2 is 1.88 bits per heavy atom. The normalized spacial score (nSPS) is 14.9. The van der Waals surface area contributed by atoms with Crippen LogP contribution < -0.4 is 10.5 Å². The molecule has 0 bridgehead atoms. The first-order chi connectivity index (χ1) is 7.48. The van der Waals surface area contributed by atoms with E-state index in [9.17, 15) is 0 Å². The van der Waals surface area contributed by atoms with Crippen molar-refractivity contribution in [1.29, 1.82) is 0 Å². The van der Waals surface area contributed by atoms with Crippen LogP contribution in [0.2, 0.25) is 5.02 Å². The van der Waals surface area contributed by atoms with Gasteiger partial charge in [0.25, 0.3) is 0 Å². The average molecular weight is 243 g/mol. The highest BCUT2D eigenvalue weighted by Crippen LogP contribution is 2.18. The summed E-state index contributed by atoms with van der Waals surface area (Å²) in [6, 6.07) is 7.34. The van der Waals surface area contributed by atoms with Crippen molar-refractivity contribution in [2.45, 2.75) is 12.5 Å². The maximum Gasteiger partial charge on any atom is 0.119 e. The van der Waals surface area contributed by atoms with Crippen molar-refractivity contribution in [1.82, 2.24) is 4.90 Å². The molecule has 0 radical (unpaired) electrons. The lowest BCUT2D eigenvalue weighted by atomic mass is 10.0. The van der Waals surface area contributed by atoms with Gasteiger partial charge in [-0.15, -0.1) is 0 Å². The zero-order chi connectivity index (χ0) is 12.2. The summed E-state index contributed by atoms with van der Waals surface area (Å²) in [5.74, 6) is 0.811. The lowest BCUT2D eigenvalue weighted by Crippen LogP contribution is -2.52. The van der Waals surface area contributed by atoms with Gasteiger partial charge in [-0.25, -0.2) is 0 Å². The number of nitrogens with zero attached hydrogens (tertiary/aromatic N) is 1. The van der Waals surface area contributed by atoms with E-state index in [2.05, 4.69) is 11.8 Å². The molecule has 0 aliphatic carbocycles. The number of halogens is 1. The highest BCUT2D eigenvalue weighted by molar-refractivity contribution is 6.30. The molecule has 16 heavy (non-hydrogen) atoms. The molecule has 1 aromatic rings. The number of rotatable bonds is 5. The van der Waals surface area contributed by atoms with Gasteiger partial charge in [-0.1, -0.05) is 11.6 Å². The third kappa shape index (κ3) is 3.37. The Kier molecular flexibility index (Phi) is 4.59. The minimum absolute atomic E-state index is 0.153. The molecule has 0 aliphatic heterocycles. The van der Waals surface area contributed by atoms with Crippen LogP contribution in [0.3, 0.4) is 0 Å². The first-order valence-electron chi connectivity index (χ1n) is 5.24. The summed E-state index contributed by atoms with van der Waals surface area (Å²) in [5, 5.41) is 0.710. The molecule has 1 atom stereocenters. The predicted octanol–water partition coefficient (Wildman–Crippen LogP) is 2.00. The third-order valence-corrected chi connectivity index (χ3v) is 3.13. The minimum atomic E-state index is -0.153. The second-order valence-corrected chi connectivity index (χ2v) is 4.77. The van der Waals surface area contributed by atoms with Crippen molar-refractivity contribution in [3.05, 3.63) is 29.3 Å². The minimum Gasteiger partial charge on any atom is -0.492 e. The molecule has 0 saturated heterocycles. The average Bonchev–Trinajstić information content (AvgIpc) is 2.27. The standard InChI is InChI=1S/C12H19ClN2O/c1-12(8-14,15(2)3)9-16-11-6-4-10(13)5-7-11/h4-7H,8-9,14H2,1-3H3. The molecule has 0 aliphatic rings. The maximum absolute atomic E-state index is 5.80. The second kappa shape index (κ2) is 5.53. The summed E-state index contributed by atoms with van der Waals surface area (Å²) in [6.45, 7) is 3.18. The van der Waals surface area contributed by atoms with Gasteiger partial charge in [0.15, 0.2) is 0 Å². The number of benzene rings is 1. The first kappa shape index (κ1) is 13.3. The zero-order valence-corrected chi connectivity index (χ0v) is 10.8. The molecule has 3 nitrogen and oxygen atoms in total. The molecule has 4 heteroatoms. The van der Waals surface area contributed by atoms with E-state index >= 15 is 0 Å². The fourth-order valence-electron chi connectivity index (χ4n) is 1.14. The van der Waals surface area contributed by atoms with E-state index in [0.29, 0.717) is 18.2 Å². The first-order valence-corrected chi connectivity index (χ1v) is 5.61. The van der Waals surface area contributed by atoms with Crippen molar-refractivity contribution in [2.24, 2.45) is 5.73 Å². The fraction of sp³-hybridized carbons (Fsp3) is 0.500. The highest BCUT2D eigenvalue weighted by Gasteiger charge is 2.25. The Balaban J connectivity index is 2.59. The molecule has 1 unspecified atom stereocenters. The van der Waals surface area contributed by atoms with Crippen LogP contribution in [-0.4, -0.2) is 37.7 Å². The van der Waals surface area contributed by atoms with Gasteiger partial charge >= 0.3 is 0 Å². The Morgan fingerprint density at radius 3 is 2.31 bits per heavy atom. The summed E-state index contributed by atoms with van der Waals surface area (Å²) in [6.07, 6.45) is 0. The fourth-order valence-corrected chi connectivity index (χ4v) is 1.27. The molecule has 1 aromatic carbocycles. The number of nitrogens with two attached hydrogens (primary N) is 1. The van der Waals surface area contributed by atoms with Crippen molar-refractivity contribution in [3.63, 3.8) is 0 Å². The van der Waals surface area contributed by atoms with Crippen molar-refractivity contribution in [2.75, 3.05) is 27.2 Å². The van der Waals surface area contributed by atoms with E-state index < -0.39 is 0 Å². The maximum atomic E-state index is 5.80. The van der Waals surface area contributed by atoms with E-state index in [1.165, 1.54) is 0 Å². The van der Waals surface area contributed by atoms with Crippen LogP contribution in [-0.2, 0) is 0 Å². The molecule has 90 valence electrons. The van der Waals surface area contributed by atoms with Crippen molar-refractivity contribution < 1.29 is 4.74 Å². The second-order valence-electron chi connectivity index (χ2n) is 4.34. The monoisotopic (exact) mass is 242 g/mol. The molecular weight excluding hydrogens is 224 g/mol. The van der Waals surface area contributed by atoms with Crippen LogP contribution in [0.5, 0.6) is 5.75 Å². The third-order valence-electron chi connectivity index (χ3n) is 2.88. The van der Waals surface area contributed by atoms with Gasteiger partial charge in [0, 0.05) is 11.6 Å². The molecule has 1 rings (SSSR count). The molecule has 0 fully saturated rings. The van der Waals surface area contributed by atoms with Crippen molar-refractivity contribution >= 4 is 11.6 Å². The van der Waals surface area contributed by atoms with Gasteiger partial charge in [0.1, 0.15) is 12.4 Å². The van der Waals surface area contributed by atoms with Gasteiger partial charge in [-0.3, -0.25) is 4.90 Å². The predicted molar refractivity (Wildman–Crippen MR) is 68.1 cm³/mol. The SMILES string of the molecule is CN(C)C(C)(CN)COc1ccc(Cl)cc1. The van der Waals surface area contributed by atoms with E-state index in [1.54, 1.807) is 0 Å². The van der Waals surface area contributed by atoms with Crippen molar-refractivity contribution in [3.8, 4) is 5.75 Å². The number of ether oxygens (including phenoxy) is 1. The summed E-state index contributed by atoms with van der Waals surface area (Å²) < 4.78 is 5.70. The lowest BCUT2D eigenvalue weighted by Gasteiger charge is -2.34. The summed E-state index contributed by atoms with van der Waals surface area (Å²) in [4.78, 5) is 2.07. The Bertz CT molecular complexity index is 326. The largest absolute Gasteiger partial charge is 0.492 e. The smallest absolute Gasteiger partial charge is 0.119 e. The van der Waals surface area contributed by atoms with Gasteiger partial charge in [0.2, 0.25) is 0 Å². The molecule has 0 aromatic heterocycles. The van der Waals surface area contributed by atoms with Crippen LogP contribution in [0.25, 0.3) is 0 Å². The van der Waals surface area contributed by atoms with E-state index in [-0.39, 0.29) is 5.54 Å². The van der Waals surface area contributed by atoms with Gasteiger partial charge in [0.05, 0.1) is 5.54 Å². The number of likely N-dealkylation sites (N-methyl/N-ethyl adjacent to an activating group) is 1. The molecule has 0 amide bonds. The Morgan fingerprint density at radius 1 is 1.31 bits per heavy atom. The van der Waals surface area contributed by atoms with E-state index in [0.717, 1.165) is 5.75 Å². The van der Waals surface area contributed by atoms with Crippen LogP contribution in [0.4, 0.5) is 0 Å². The summed E-state index contributed by atoms with van der Waals surface area (Å²) in [7, 11) is 4.00. The quantitative estimate of drug-likeness (QED) is 0.859. The Labute approximate surface area is 102 Å². The van der Waals surface area contributed by atoms with Gasteiger partial charge < -0.3 is 10.5 Å². The number of hydrogen-bond donors (Lipinski definition) is 1. The lowest BCUT2D eigenvalue weighted by molar-refractivity contribution is 0.104. The Hall–Kier alpha value is -0.770. The molecule has 0 heterocycles. The van der Waals surface area contributed by atoms with Crippen LogP contribution in [0.15, 0.2) is 24.3 Å². The molecular formula is C12H19ClN2O. The van der Waals surface area contributed by atoms with Gasteiger partial charge in [-0.2, -0.15) is 0 Å². The highest BCUT2D eigenvalue weighted by atomic mass is 35.5. The zero-order valence-electron chi connectivity index (χ0n) is 10.0. The summed E-state index contributed by atoms with van der Waals surface area (Å²) >= 11 is 5.80. The van der Waals surface area contributed by atoms with Gasteiger partial charge in [-0.05, 0) is 45.3 Å². The molecule has 0 spiro atoms. The summed E-state index contributed by atoms with van der Waals surface area (Å²) in [5.41, 5.74) is 5.60. The van der Waals surface area contributed by atoms with Crippen LogP contribution in [0, 0.1) is 0 Å². The topological polar surface area (TPSA) is 38.5 Å². The molecule has 2 N–H and O–H groups in total. The molecule has 0 saturated carbocycles.